The molecule has 0 spiro atoms. The summed E-state index contributed by atoms with van der Waals surface area (Å²) in [7, 11) is 2.00. The topological polar surface area (TPSA) is 41.6 Å². The summed E-state index contributed by atoms with van der Waals surface area (Å²) in [6.07, 6.45) is 3.27. The van der Waals surface area contributed by atoms with Crippen molar-refractivity contribution in [2.45, 2.75) is 26.3 Å². The summed E-state index contributed by atoms with van der Waals surface area (Å²) in [5, 5.41) is 0. The molecule has 3 nitrogen and oxygen atoms in total. The summed E-state index contributed by atoms with van der Waals surface area (Å²) < 4.78 is 0. The molecular weight excluding hydrogens is 182 g/mol. The first-order valence-corrected chi connectivity index (χ1v) is 6.04. The third-order valence-electron chi connectivity index (χ3n) is 2.08. The third-order valence-corrected chi connectivity index (χ3v) is 2.73. The molecule has 0 bridgehead atoms. The second-order valence-electron chi connectivity index (χ2n) is 3.07. The molecule has 0 rings (SSSR count). The van der Waals surface area contributed by atoms with Gasteiger partial charge in [0.05, 0.1) is 0 Å². The van der Waals surface area contributed by atoms with Gasteiger partial charge in [0.1, 0.15) is 0 Å². The lowest BCUT2D eigenvalue weighted by Crippen LogP contribution is -2.40. The van der Waals surface area contributed by atoms with Gasteiger partial charge in [-0.15, -0.1) is 0 Å². The SMILES string of the molecule is CCN=C(N)N(C)C(C)CCSC. The van der Waals surface area contributed by atoms with Crippen LogP contribution in [0.15, 0.2) is 4.99 Å². The number of rotatable bonds is 5. The molecule has 0 aliphatic carbocycles. The monoisotopic (exact) mass is 203 g/mol. The van der Waals surface area contributed by atoms with Crippen molar-refractivity contribution in [3.05, 3.63) is 0 Å². The summed E-state index contributed by atoms with van der Waals surface area (Å²) in [5.41, 5.74) is 5.77. The molecule has 0 aromatic carbocycles. The molecule has 1 atom stereocenters. The van der Waals surface area contributed by atoms with E-state index in [4.69, 9.17) is 5.73 Å². The Kier molecular flexibility index (Phi) is 6.86. The van der Waals surface area contributed by atoms with Crippen molar-refractivity contribution in [2.75, 3.05) is 25.6 Å². The van der Waals surface area contributed by atoms with Crippen molar-refractivity contribution in [2.24, 2.45) is 10.7 Å². The lowest BCUT2D eigenvalue weighted by Gasteiger charge is -2.25. The van der Waals surface area contributed by atoms with Gasteiger partial charge in [0.15, 0.2) is 5.96 Å². The van der Waals surface area contributed by atoms with Gasteiger partial charge in [-0.3, -0.25) is 4.99 Å². The summed E-state index contributed by atoms with van der Waals surface area (Å²) >= 11 is 1.87. The molecule has 78 valence electrons. The van der Waals surface area contributed by atoms with Crippen LogP contribution in [0, 0.1) is 0 Å². The van der Waals surface area contributed by atoms with E-state index in [-0.39, 0.29) is 0 Å². The van der Waals surface area contributed by atoms with E-state index in [0.29, 0.717) is 12.0 Å². The molecule has 4 heteroatoms. The quantitative estimate of drug-likeness (QED) is 0.542. The molecule has 0 radical (unpaired) electrons. The lowest BCUT2D eigenvalue weighted by atomic mass is 10.2. The van der Waals surface area contributed by atoms with Crippen LogP contribution >= 0.6 is 11.8 Å². The van der Waals surface area contributed by atoms with Gasteiger partial charge in [0.25, 0.3) is 0 Å². The van der Waals surface area contributed by atoms with E-state index < -0.39 is 0 Å². The van der Waals surface area contributed by atoms with Crippen LogP contribution in [-0.4, -0.2) is 42.5 Å². The molecule has 0 aromatic heterocycles. The molecule has 0 aliphatic rings. The second kappa shape index (κ2) is 7.06. The average Bonchev–Trinajstić information content (AvgIpc) is 2.13. The first-order valence-electron chi connectivity index (χ1n) is 4.65. The summed E-state index contributed by atoms with van der Waals surface area (Å²) in [6, 6.07) is 0.475. The minimum Gasteiger partial charge on any atom is -0.370 e. The molecule has 0 aromatic rings. The zero-order valence-corrected chi connectivity index (χ0v) is 9.90. The van der Waals surface area contributed by atoms with Crippen molar-refractivity contribution >= 4 is 17.7 Å². The summed E-state index contributed by atoms with van der Waals surface area (Å²) in [4.78, 5) is 6.21. The minimum absolute atomic E-state index is 0.475. The maximum atomic E-state index is 5.77. The van der Waals surface area contributed by atoms with Crippen LogP contribution in [-0.2, 0) is 0 Å². The molecule has 0 saturated heterocycles. The molecule has 0 saturated carbocycles. The van der Waals surface area contributed by atoms with Crippen molar-refractivity contribution in [1.29, 1.82) is 0 Å². The fourth-order valence-corrected chi connectivity index (χ4v) is 1.56. The van der Waals surface area contributed by atoms with Crippen LogP contribution in [0.2, 0.25) is 0 Å². The zero-order valence-electron chi connectivity index (χ0n) is 9.08. The first kappa shape index (κ1) is 12.6. The maximum Gasteiger partial charge on any atom is 0.191 e. The highest BCUT2D eigenvalue weighted by Gasteiger charge is 2.09. The van der Waals surface area contributed by atoms with E-state index >= 15 is 0 Å². The van der Waals surface area contributed by atoms with Crippen LogP contribution in [0.1, 0.15) is 20.3 Å². The van der Waals surface area contributed by atoms with Crippen LogP contribution in [0.4, 0.5) is 0 Å². The van der Waals surface area contributed by atoms with E-state index in [0.717, 1.165) is 13.0 Å². The highest BCUT2D eigenvalue weighted by Crippen LogP contribution is 2.05. The number of nitrogens with two attached hydrogens (primary N) is 1. The smallest absolute Gasteiger partial charge is 0.191 e. The van der Waals surface area contributed by atoms with Crippen molar-refractivity contribution < 1.29 is 0 Å². The van der Waals surface area contributed by atoms with E-state index in [2.05, 4.69) is 18.2 Å². The highest BCUT2D eigenvalue weighted by molar-refractivity contribution is 7.98. The van der Waals surface area contributed by atoms with E-state index in [1.807, 2.05) is 30.6 Å². The Morgan fingerprint density at radius 1 is 1.62 bits per heavy atom. The molecule has 13 heavy (non-hydrogen) atoms. The molecule has 2 N–H and O–H groups in total. The van der Waals surface area contributed by atoms with Crippen molar-refractivity contribution in [3.63, 3.8) is 0 Å². The molecule has 0 fully saturated rings. The number of hydrogen-bond acceptors (Lipinski definition) is 2. The van der Waals surface area contributed by atoms with Gasteiger partial charge in [-0.1, -0.05) is 0 Å². The van der Waals surface area contributed by atoms with Crippen LogP contribution < -0.4 is 5.73 Å². The van der Waals surface area contributed by atoms with Gasteiger partial charge in [-0.05, 0) is 32.3 Å². The molecule has 0 amide bonds. The Hall–Kier alpha value is -0.380. The standard InChI is InChI=1S/C9H21N3S/c1-5-11-9(10)12(3)8(2)6-7-13-4/h8H,5-7H2,1-4H3,(H2,10,11). The van der Waals surface area contributed by atoms with Crippen LogP contribution in [0.3, 0.4) is 0 Å². The predicted octanol–water partition coefficient (Wildman–Crippen LogP) is 1.39. The van der Waals surface area contributed by atoms with Gasteiger partial charge in [0, 0.05) is 19.6 Å². The van der Waals surface area contributed by atoms with Gasteiger partial charge < -0.3 is 10.6 Å². The largest absolute Gasteiger partial charge is 0.370 e. The fraction of sp³-hybridized carbons (Fsp3) is 0.889. The van der Waals surface area contributed by atoms with Crippen LogP contribution in [0.25, 0.3) is 0 Å². The molecule has 0 heterocycles. The first-order chi connectivity index (χ1) is 6.13. The Balaban J connectivity index is 3.93. The van der Waals surface area contributed by atoms with Gasteiger partial charge in [-0.25, -0.2) is 0 Å². The van der Waals surface area contributed by atoms with Crippen LogP contribution in [0.5, 0.6) is 0 Å². The zero-order chi connectivity index (χ0) is 10.3. The van der Waals surface area contributed by atoms with E-state index in [9.17, 15) is 0 Å². The van der Waals surface area contributed by atoms with Crippen molar-refractivity contribution in [3.8, 4) is 0 Å². The average molecular weight is 203 g/mol. The third kappa shape index (κ3) is 5.03. The minimum atomic E-state index is 0.475. The summed E-state index contributed by atoms with van der Waals surface area (Å²) in [5.74, 6) is 1.82. The fourth-order valence-electron chi connectivity index (χ4n) is 0.981. The Labute approximate surface area is 85.8 Å². The summed E-state index contributed by atoms with van der Waals surface area (Å²) in [6.45, 7) is 4.92. The lowest BCUT2D eigenvalue weighted by molar-refractivity contribution is 0.378. The number of thioether (sulfide) groups is 1. The number of hydrogen-bond donors (Lipinski definition) is 1. The van der Waals surface area contributed by atoms with E-state index in [1.54, 1.807) is 0 Å². The van der Waals surface area contributed by atoms with Gasteiger partial charge in [0.2, 0.25) is 0 Å². The molecule has 0 aliphatic heterocycles. The van der Waals surface area contributed by atoms with Gasteiger partial charge >= 0.3 is 0 Å². The Morgan fingerprint density at radius 2 is 2.23 bits per heavy atom. The van der Waals surface area contributed by atoms with E-state index in [1.165, 1.54) is 5.75 Å². The Bertz CT molecular complexity index is 159. The number of aliphatic imine (C=N–C) groups is 1. The number of guanidine groups is 1. The normalized spacial score (nSPS) is 14.3. The molecular formula is C9H21N3S. The molecule has 1 unspecified atom stereocenters. The van der Waals surface area contributed by atoms with Crippen molar-refractivity contribution in [1.82, 2.24) is 4.90 Å². The maximum absolute atomic E-state index is 5.77. The second-order valence-corrected chi connectivity index (χ2v) is 4.06. The highest BCUT2D eigenvalue weighted by atomic mass is 32.2. The van der Waals surface area contributed by atoms with Gasteiger partial charge in [-0.2, -0.15) is 11.8 Å². The number of nitrogens with zero attached hydrogens (tertiary/aromatic N) is 2. The predicted molar refractivity (Wildman–Crippen MR) is 62.4 cm³/mol. The Morgan fingerprint density at radius 3 is 2.69 bits per heavy atom.